The zero-order valence-corrected chi connectivity index (χ0v) is 13.0. The Morgan fingerprint density at radius 3 is 2.74 bits per heavy atom. The highest BCUT2D eigenvalue weighted by Gasteiger charge is 2.17. The fourth-order valence-corrected chi connectivity index (χ4v) is 2.16. The summed E-state index contributed by atoms with van der Waals surface area (Å²) in [7, 11) is 0. The molecule has 1 atom stereocenters. The minimum Gasteiger partial charge on any atom is -0.466 e. The van der Waals surface area contributed by atoms with Crippen LogP contribution in [0.25, 0.3) is 0 Å². The fraction of sp³-hybridized carbons (Fsp3) is 0.312. The Bertz CT molecular complexity index is 682. The summed E-state index contributed by atoms with van der Waals surface area (Å²) in [5, 5.41) is 15.0. The molecule has 2 rings (SSSR count). The third kappa shape index (κ3) is 4.65. The lowest BCUT2D eigenvalue weighted by molar-refractivity contribution is -0.136. The van der Waals surface area contributed by atoms with E-state index >= 15 is 0 Å². The molecule has 0 spiro atoms. The van der Waals surface area contributed by atoms with Gasteiger partial charge in [-0.1, -0.05) is 0 Å². The summed E-state index contributed by atoms with van der Waals surface area (Å²) >= 11 is 0. The van der Waals surface area contributed by atoms with Crippen LogP contribution >= 0.6 is 0 Å². The Hall–Kier alpha value is -2.67. The Morgan fingerprint density at radius 2 is 2.13 bits per heavy atom. The first kappa shape index (κ1) is 16.7. The van der Waals surface area contributed by atoms with Crippen molar-refractivity contribution in [1.29, 1.82) is 0 Å². The Labute approximate surface area is 133 Å². The molecule has 2 amide bonds. The number of aliphatic hydroxyl groups excluding tert-OH is 1. The molecule has 0 saturated carbocycles. The van der Waals surface area contributed by atoms with Crippen LogP contribution in [0, 0.1) is 13.8 Å². The van der Waals surface area contributed by atoms with E-state index in [9.17, 15) is 14.7 Å². The van der Waals surface area contributed by atoms with Crippen molar-refractivity contribution in [2.45, 2.75) is 26.4 Å². The van der Waals surface area contributed by atoms with Crippen molar-refractivity contribution < 1.29 is 19.1 Å². The van der Waals surface area contributed by atoms with Gasteiger partial charge in [0, 0.05) is 18.3 Å². The highest BCUT2D eigenvalue weighted by Crippen LogP contribution is 2.23. The van der Waals surface area contributed by atoms with Crippen molar-refractivity contribution in [3.63, 3.8) is 0 Å². The highest BCUT2D eigenvalue weighted by molar-refractivity contribution is 6.39. The van der Waals surface area contributed by atoms with Crippen molar-refractivity contribution in [2.24, 2.45) is 0 Å². The molecule has 0 aliphatic heterocycles. The minimum atomic E-state index is -0.775. The molecule has 3 N–H and O–H groups in total. The first-order valence-corrected chi connectivity index (χ1v) is 7.21. The largest absolute Gasteiger partial charge is 0.466 e. The second kappa shape index (κ2) is 7.55. The molecule has 2 aromatic rings. The maximum absolute atomic E-state index is 11.7. The molecule has 0 fully saturated rings. The third-order valence-electron chi connectivity index (χ3n) is 3.27. The van der Waals surface area contributed by atoms with Crippen molar-refractivity contribution in [2.75, 3.05) is 11.9 Å². The highest BCUT2D eigenvalue weighted by atomic mass is 16.3. The van der Waals surface area contributed by atoms with Crippen LogP contribution in [0.5, 0.6) is 0 Å². The predicted octanol–water partition coefficient (Wildman–Crippen LogP) is 1.47. The van der Waals surface area contributed by atoms with Gasteiger partial charge in [-0.25, -0.2) is 0 Å². The molecule has 122 valence electrons. The lowest BCUT2D eigenvalue weighted by atomic mass is 10.1. The average molecular weight is 317 g/mol. The minimum absolute atomic E-state index is 0.171. The number of furan rings is 1. The summed E-state index contributed by atoms with van der Waals surface area (Å²) in [4.78, 5) is 27.2. The normalized spacial score (nSPS) is 11.8. The standard InChI is InChI=1S/C16H19N3O4/c1-10-8-13(11(2)23-10)14(20)5-7-18-15(21)16(22)19-12-4-3-6-17-9-12/h3-4,6,8-9,14,20H,5,7H2,1-2H3,(H,18,21)(H,19,22)/t14-/m0/s1. The number of rotatable bonds is 5. The van der Waals surface area contributed by atoms with Gasteiger partial charge in [-0.15, -0.1) is 0 Å². The molecular weight excluding hydrogens is 298 g/mol. The van der Waals surface area contributed by atoms with E-state index in [1.165, 1.54) is 6.20 Å². The molecule has 2 heterocycles. The number of amides is 2. The molecule has 0 bridgehead atoms. The van der Waals surface area contributed by atoms with Gasteiger partial charge in [-0.3, -0.25) is 14.6 Å². The number of aliphatic hydroxyl groups is 1. The zero-order valence-electron chi connectivity index (χ0n) is 13.0. The van der Waals surface area contributed by atoms with E-state index in [-0.39, 0.29) is 13.0 Å². The van der Waals surface area contributed by atoms with Gasteiger partial charge in [-0.05, 0) is 38.5 Å². The number of hydrogen-bond acceptors (Lipinski definition) is 5. The average Bonchev–Trinajstić information content (AvgIpc) is 2.86. The first-order valence-electron chi connectivity index (χ1n) is 7.21. The molecule has 0 aliphatic rings. The van der Waals surface area contributed by atoms with Crippen LogP contribution in [0.4, 0.5) is 5.69 Å². The first-order chi connectivity index (χ1) is 11.0. The number of aromatic nitrogens is 1. The van der Waals surface area contributed by atoms with Crippen molar-refractivity contribution in [1.82, 2.24) is 10.3 Å². The van der Waals surface area contributed by atoms with E-state index < -0.39 is 17.9 Å². The van der Waals surface area contributed by atoms with Crippen molar-refractivity contribution in [3.8, 4) is 0 Å². The van der Waals surface area contributed by atoms with E-state index in [2.05, 4.69) is 15.6 Å². The molecule has 0 saturated heterocycles. The van der Waals surface area contributed by atoms with Gasteiger partial charge in [0.25, 0.3) is 0 Å². The Morgan fingerprint density at radius 1 is 1.35 bits per heavy atom. The monoisotopic (exact) mass is 317 g/mol. The summed E-state index contributed by atoms with van der Waals surface area (Å²) < 4.78 is 5.35. The van der Waals surface area contributed by atoms with Gasteiger partial charge in [0.05, 0.1) is 18.0 Å². The Balaban J connectivity index is 1.78. The van der Waals surface area contributed by atoms with E-state index in [0.29, 0.717) is 17.0 Å². The van der Waals surface area contributed by atoms with E-state index in [4.69, 9.17) is 4.42 Å². The molecule has 0 radical (unpaired) electrons. The van der Waals surface area contributed by atoms with Gasteiger partial charge in [-0.2, -0.15) is 0 Å². The zero-order chi connectivity index (χ0) is 16.8. The number of nitrogens with one attached hydrogen (secondary N) is 2. The number of carbonyl (C=O) groups is 2. The smallest absolute Gasteiger partial charge is 0.313 e. The number of carbonyl (C=O) groups excluding carboxylic acids is 2. The lowest BCUT2D eigenvalue weighted by Gasteiger charge is -2.10. The third-order valence-corrected chi connectivity index (χ3v) is 3.27. The summed E-state index contributed by atoms with van der Waals surface area (Å²) in [5.74, 6) is -0.170. The molecule has 0 unspecified atom stereocenters. The van der Waals surface area contributed by atoms with E-state index in [1.54, 1.807) is 38.2 Å². The van der Waals surface area contributed by atoms with Crippen LogP contribution in [0.1, 0.15) is 29.6 Å². The van der Waals surface area contributed by atoms with Gasteiger partial charge >= 0.3 is 11.8 Å². The SMILES string of the molecule is Cc1cc([C@@H](O)CCNC(=O)C(=O)Nc2cccnc2)c(C)o1. The van der Waals surface area contributed by atoms with E-state index in [0.717, 1.165) is 5.76 Å². The van der Waals surface area contributed by atoms with Crippen molar-refractivity contribution >= 4 is 17.5 Å². The van der Waals surface area contributed by atoms with Crippen LogP contribution in [-0.2, 0) is 9.59 Å². The summed E-state index contributed by atoms with van der Waals surface area (Å²) in [6, 6.07) is 5.04. The topological polar surface area (TPSA) is 104 Å². The molecular formula is C16H19N3O4. The predicted molar refractivity (Wildman–Crippen MR) is 83.6 cm³/mol. The number of anilines is 1. The summed E-state index contributed by atoms with van der Waals surface area (Å²) in [5.41, 5.74) is 1.13. The fourth-order valence-electron chi connectivity index (χ4n) is 2.16. The van der Waals surface area contributed by atoms with E-state index in [1.807, 2.05) is 0 Å². The number of aryl methyl sites for hydroxylation is 2. The quantitative estimate of drug-likeness (QED) is 0.724. The van der Waals surface area contributed by atoms with Crippen molar-refractivity contribution in [3.05, 3.63) is 47.7 Å². The lowest BCUT2D eigenvalue weighted by Crippen LogP contribution is -2.36. The number of pyridine rings is 1. The summed E-state index contributed by atoms with van der Waals surface area (Å²) in [6.07, 6.45) is 2.54. The number of nitrogens with zero attached hydrogens (tertiary/aromatic N) is 1. The molecule has 0 aromatic carbocycles. The van der Waals surface area contributed by atoms with Crippen LogP contribution in [-0.4, -0.2) is 28.4 Å². The number of hydrogen-bond donors (Lipinski definition) is 3. The summed E-state index contributed by atoms with van der Waals surface area (Å²) in [6.45, 7) is 3.74. The maximum atomic E-state index is 11.7. The van der Waals surface area contributed by atoms with Gasteiger partial charge < -0.3 is 20.2 Å². The second-order valence-corrected chi connectivity index (χ2v) is 5.12. The molecule has 7 heteroatoms. The van der Waals surface area contributed by atoms with Crippen LogP contribution < -0.4 is 10.6 Å². The molecule has 2 aromatic heterocycles. The van der Waals surface area contributed by atoms with Crippen LogP contribution in [0.3, 0.4) is 0 Å². The second-order valence-electron chi connectivity index (χ2n) is 5.12. The van der Waals surface area contributed by atoms with Gasteiger partial charge in [0.15, 0.2) is 0 Å². The molecule has 0 aliphatic carbocycles. The van der Waals surface area contributed by atoms with Crippen LogP contribution in [0.15, 0.2) is 35.0 Å². The Kier molecular flexibility index (Phi) is 5.48. The maximum Gasteiger partial charge on any atom is 0.313 e. The molecule has 23 heavy (non-hydrogen) atoms. The van der Waals surface area contributed by atoms with Gasteiger partial charge in [0.1, 0.15) is 11.5 Å². The van der Waals surface area contributed by atoms with Gasteiger partial charge in [0.2, 0.25) is 0 Å². The van der Waals surface area contributed by atoms with Crippen LogP contribution in [0.2, 0.25) is 0 Å². The molecule has 7 nitrogen and oxygen atoms in total.